The van der Waals surface area contributed by atoms with E-state index in [4.69, 9.17) is 21.3 Å². The zero-order chi connectivity index (χ0) is 28.7. The summed E-state index contributed by atoms with van der Waals surface area (Å²) in [6.45, 7) is 2.85. The van der Waals surface area contributed by atoms with Gasteiger partial charge < -0.3 is 20.1 Å². The van der Waals surface area contributed by atoms with Gasteiger partial charge in [0.25, 0.3) is 0 Å². The number of piperazine rings is 1. The maximum absolute atomic E-state index is 16.7. The lowest BCUT2D eigenvalue weighted by Gasteiger charge is -2.46. The molecule has 2 aromatic carbocycles. The molecule has 1 aromatic heterocycles. The van der Waals surface area contributed by atoms with Crippen molar-refractivity contribution in [2.45, 2.75) is 74.7 Å². The van der Waals surface area contributed by atoms with E-state index in [0.717, 1.165) is 51.6 Å². The standard InChI is InChI=1S/C31H33ClF3N5O2/c32-23-9-20(41)8-21(25(23)16-2-3-16)26-24(34)10-22-28(27(26)35)37-30(38-29(22)40-14-18-4-5-19(40)12-36-18)42-15-31-6-1-7-39(31)13-17(33)11-31/h8-10,16-19,36,41H,1-7,11-15H2/t17-,18+,19+,31+/m1/s1. The van der Waals surface area contributed by atoms with Gasteiger partial charge in [0, 0.05) is 48.5 Å². The second-order valence-electron chi connectivity index (χ2n) is 12.8. The predicted molar refractivity (Wildman–Crippen MR) is 154 cm³/mol. The van der Waals surface area contributed by atoms with Crippen LogP contribution in [-0.4, -0.2) is 76.6 Å². The molecule has 0 spiro atoms. The molecule has 9 rings (SSSR count). The van der Waals surface area contributed by atoms with Gasteiger partial charge in [0.2, 0.25) is 0 Å². The quantitative estimate of drug-likeness (QED) is 0.376. The van der Waals surface area contributed by atoms with E-state index < -0.39 is 23.3 Å². The van der Waals surface area contributed by atoms with Gasteiger partial charge in [-0.05, 0) is 80.3 Å². The Hall–Kier alpha value is -2.82. The summed E-state index contributed by atoms with van der Waals surface area (Å²) < 4.78 is 53.3. The van der Waals surface area contributed by atoms with Crippen LogP contribution in [0.2, 0.25) is 5.02 Å². The van der Waals surface area contributed by atoms with E-state index in [2.05, 4.69) is 20.1 Å². The van der Waals surface area contributed by atoms with E-state index in [9.17, 15) is 9.50 Å². The number of hydrogen-bond acceptors (Lipinski definition) is 7. The van der Waals surface area contributed by atoms with Crippen LogP contribution in [0, 0.1) is 11.6 Å². The highest BCUT2D eigenvalue weighted by atomic mass is 35.5. The fraction of sp³-hybridized carbons (Fsp3) is 0.548. The molecule has 6 heterocycles. The third kappa shape index (κ3) is 4.32. The van der Waals surface area contributed by atoms with E-state index >= 15 is 8.78 Å². The number of phenols is 1. The molecule has 0 amide bonds. The predicted octanol–water partition coefficient (Wildman–Crippen LogP) is 5.71. The third-order valence-corrected chi connectivity index (χ3v) is 10.4. The summed E-state index contributed by atoms with van der Waals surface area (Å²) in [5, 5.41) is 14.4. The number of anilines is 1. The maximum Gasteiger partial charge on any atom is 0.319 e. The zero-order valence-electron chi connectivity index (χ0n) is 23.2. The number of phenolic OH excluding ortho intramolecular Hbond substituents is 1. The first-order valence-corrected chi connectivity index (χ1v) is 15.4. The molecule has 3 aromatic rings. The van der Waals surface area contributed by atoms with Crippen molar-refractivity contribution in [1.29, 1.82) is 0 Å². The first-order chi connectivity index (χ1) is 20.3. The number of fused-ring (bicyclic) bond motifs is 5. The number of aromatic hydroxyl groups is 1. The number of ether oxygens (including phenoxy) is 1. The molecular weight excluding hydrogens is 567 g/mol. The molecule has 11 heteroatoms. The minimum atomic E-state index is -0.906. The molecule has 6 fully saturated rings. The molecule has 0 radical (unpaired) electrons. The van der Waals surface area contributed by atoms with E-state index in [1.165, 1.54) is 18.2 Å². The Morgan fingerprint density at radius 3 is 2.71 bits per heavy atom. The smallest absolute Gasteiger partial charge is 0.319 e. The first kappa shape index (κ1) is 26.8. The Labute approximate surface area is 247 Å². The summed E-state index contributed by atoms with van der Waals surface area (Å²) >= 11 is 6.49. The molecule has 5 aliphatic heterocycles. The number of piperidine rings is 2. The molecule has 5 saturated heterocycles. The monoisotopic (exact) mass is 599 g/mol. The van der Waals surface area contributed by atoms with Crippen LogP contribution in [0.4, 0.5) is 19.0 Å². The van der Waals surface area contributed by atoms with Gasteiger partial charge in [0.15, 0.2) is 5.82 Å². The van der Waals surface area contributed by atoms with Gasteiger partial charge in [0.05, 0.1) is 11.1 Å². The van der Waals surface area contributed by atoms with E-state index in [1.807, 2.05) is 0 Å². The Morgan fingerprint density at radius 2 is 1.98 bits per heavy atom. The molecule has 2 bridgehead atoms. The molecule has 1 aliphatic carbocycles. The van der Waals surface area contributed by atoms with E-state index in [-0.39, 0.29) is 58.4 Å². The van der Waals surface area contributed by atoms with Gasteiger partial charge in [0.1, 0.15) is 35.7 Å². The molecule has 42 heavy (non-hydrogen) atoms. The van der Waals surface area contributed by atoms with Crippen molar-refractivity contribution in [2.75, 3.05) is 37.7 Å². The zero-order valence-corrected chi connectivity index (χ0v) is 23.9. The number of rotatable bonds is 6. The van der Waals surface area contributed by atoms with Crippen LogP contribution < -0.4 is 15.0 Å². The highest BCUT2D eigenvalue weighted by molar-refractivity contribution is 6.32. The number of benzene rings is 2. The van der Waals surface area contributed by atoms with Crippen LogP contribution in [0.3, 0.4) is 0 Å². The average Bonchev–Trinajstić information content (AvgIpc) is 3.65. The minimum Gasteiger partial charge on any atom is -0.508 e. The van der Waals surface area contributed by atoms with Gasteiger partial charge >= 0.3 is 6.01 Å². The van der Waals surface area contributed by atoms with Gasteiger partial charge in [-0.3, -0.25) is 4.90 Å². The Kier molecular flexibility index (Phi) is 6.28. The highest BCUT2D eigenvalue weighted by Gasteiger charge is 2.49. The lowest BCUT2D eigenvalue weighted by molar-refractivity contribution is 0.107. The lowest BCUT2D eigenvalue weighted by atomic mass is 9.92. The minimum absolute atomic E-state index is 0.00301. The van der Waals surface area contributed by atoms with Crippen molar-refractivity contribution in [1.82, 2.24) is 20.2 Å². The number of alkyl halides is 1. The van der Waals surface area contributed by atoms with Crippen molar-refractivity contribution in [2.24, 2.45) is 0 Å². The van der Waals surface area contributed by atoms with Crippen molar-refractivity contribution < 1.29 is 23.0 Å². The van der Waals surface area contributed by atoms with Gasteiger partial charge in [-0.2, -0.15) is 9.97 Å². The number of nitrogens with zero attached hydrogens (tertiary/aromatic N) is 4. The first-order valence-electron chi connectivity index (χ1n) is 15.0. The number of halogens is 4. The number of hydrogen-bond donors (Lipinski definition) is 2. The van der Waals surface area contributed by atoms with Crippen LogP contribution in [0.5, 0.6) is 11.8 Å². The van der Waals surface area contributed by atoms with Crippen LogP contribution in [0.25, 0.3) is 22.0 Å². The molecule has 2 N–H and O–H groups in total. The van der Waals surface area contributed by atoms with Crippen molar-refractivity contribution in [3.8, 4) is 22.9 Å². The second-order valence-corrected chi connectivity index (χ2v) is 13.2. The second kappa shape index (κ2) is 9.86. The molecule has 222 valence electrons. The molecule has 7 nitrogen and oxygen atoms in total. The summed E-state index contributed by atoms with van der Waals surface area (Å²) in [5.74, 6) is -1.23. The molecule has 1 saturated carbocycles. The highest BCUT2D eigenvalue weighted by Crippen LogP contribution is 2.50. The summed E-state index contributed by atoms with van der Waals surface area (Å²) in [7, 11) is 0. The average molecular weight is 600 g/mol. The van der Waals surface area contributed by atoms with Crippen LogP contribution in [0.15, 0.2) is 18.2 Å². The normalized spacial score (nSPS) is 29.0. The lowest BCUT2D eigenvalue weighted by Crippen LogP contribution is -2.61. The van der Waals surface area contributed by atoms with Gasteiger partial charge in [-0.25, -0.2) is 13.2 Å². The van der Waals surface area contributed by atoms with Gasteiger partial charge in [-0.1, -0.05) is 11.6 Å². The summed E-state index contributed by atoms with van der Waals surface area (Å²) in [6.07, 6.45) is 4.98. The summed E-state index contributed by atoms with van der Waals surface area (Å²) in [6, 6.07) is 4.49. The van der Waals surface area contributed by atoms with Crippen LogP contribution in [-0.2, 0) is 0 Å². The third-order valence-electron chi connectivity index (χ3n) is 10.1. The Bertz CT molecular complexity index is 1580. The van der Waals surface area contributed by atoms with Crippen LogP contribution in [0.1, 0.15) is 56.4 Å². The fourth-order valence-electron chi connectivity index (χ4n) is 7.90. The largest absolute Gasteiger partial charge is 0.508 e. The van der Waals surface area contributed by atoms with Crippen molar-refractivity contribution in [3.63, 3.8) is 0 Å². The number of aromatic nitrogens is 2. The van der Waals surface area contributed by atoms with E-state index in [0.29, 0.717) is 35.9 Å². The molecule has 6 aliphatic rings. The Balaban J connectivity index is 1.27. The fourth-order valence-corrected chi connectivity index (χ4v) is 8.27. The number of nitrogens with one attached hydrogen (secondary N) is 1. The maximum atomic E-state index is 16.7. The summed E-state index contributed by atoms with van der Waals surface area (Å²) in [5.41, 5.74) is 0.146. The SMILES string of the molecule is Oc1cc(Cl)c(C2CC2)c(-c2c(F)cc3c(N4C[C@@H]5CC[C@H]4CN5)nc(OC[C@@]45CCCN4C[C@H](F)C5)nc3c2F)c1. The van der Waals surface area contributed by atoms with E-state index in [1.54, 1.807) is 0 Å². The Morgan fingerprint density at radius 1 is 1.12 bits per heavy atom. The molecule has 0 unspecified atom stereocenters. The molecular formula is C31H33ClF3N5O2. The van der Waals surface area contributed by atoms with Crippen molar-refractivity contribution >= 4 is 28.3 Å². The molecule has 4 atom stereocenters. The van der Waals surface area contributed by atoms with Gasteiger partial charge in [-0.15, -0.1) is 0 Å². The topological polar surface area (TPSA) is 73.8 Å². The van der Waals surface area contributed by atoms with Crippen molar-refractivity contribution in [3.05, 3.63) is 40.4 Å². The van der Waals surface area contributed by atoms with Crippen LogP contribution >= 0.6 is 11.6 Å². The summed E-state index contributed by atoms with van der Waals surface area (Å²) in [4.78, 5) is 13.5.